The molecule has 18 heavy (non-hydrogen) atoms. The SMILES string of the molecule is COC(=O)C12CC(OC)CC1C(C(C)(C)C)=NO2. The molecule has 1 saturated carbocycles. The highest BCUT2D eigenvalue weighted by atomic mass is 16.7. The van der Waals surface area contributed by atoms with Crippen molar-refractivity contribution in [1.29, 1.82) is 0 Å². The second-order valence-electron chi connectivity index (χ2n) is 6.05. The van der Waals surface area contributed by atoms with Crippen LogP contribution in [0.3, 0.4) is 0 Å². The maximum absolute atomic E-state index is 12.1. The van der Waals surface area contributed by atoms with Crippen molar-refractivity contribution in [2.75, 3.05) is 14.2 Å². The van der Waals surface area contributed by atoms with Gasteiger partial charge in [0, 0.05) is 18.9 Å². The Morgan fingerprint density at radius 3 is 2.61 bits per heavy atom. The van der Waals surface area contributed by atoms with Crippen LogP contribution in [0.25, 0.3) is 0 Å². The third-order valence-electron chi connectivity index (χ3n) is 3.86. The first-order chi connectivity index (χ1) is 8.35. The van der Waals surface area contributed by atoms with Gasteiger partial charge in [0.2, 0.25) is 5.60 Å². The number of carbonyl (C=O) groups is 1. The predicted octanol–water partition coefficient (Wildman–Crippen LogP) is 1.76. The molecule has 0 bridgehead atoms. The highest BCUT2D eigenvalue weighted by Gasteiger charge is 2.63. The molecule has 2 rings (SSSR count). The summed E-state index contributed by atoms with van der Waals surface area (Å²) in [6.45, 7) is 6.22. The molecule has 2 aliphatic rings. The van der Waals surface area contributed by atoms with Gasteiger partial charge >= 0.3 is 5.97 Å². The maximum atomic E-state index is 12.1. The normalized spacial score (nSPS) is 34.8. The molecule has 1 fully saturated rings. The highest BCUT2D eigenvalue weighted by molar-refractivity contribution is 5.99. The van der Waals surface area contributed by atoms with Crippen LogP contribution in [0.1, 0.15) is 33.6 Å². The molecule has 1 aliphatic carbocycles. The average Bonchev–Trinajstić information content (AvgIpc) is 2.81. The van der Waals surface area contributed by atoms with E-state index in [1.165, 1.54) is 7.11 Å². The minimum absolute atomic E-state index is 0.0157. The van der Waals surface area contributed by atoms with Crippen molar-refractivity contribution < 1.29 is 19.1 Å². The number of hydrogen-bond donors (Lipinski definition) is 0. The summed E-state index contributed by atoms with van der Waals surface area (Å²) in [7, 11) is 3.04. The Hall–Kier alpha value is -1.10. The molecule has 3 unspecified atom stereocenters. The Morgan fingerprint density at radius 2 is 2.11 bits per heavy atom. The van der Waals surface area contributed by atoms with E-state index in [4.69, 9.17) is 14.3 Å². The van der Waals surface area contributed by atoms with Crippen molar-refractivity contribution in [2.24, 2.45) is 16.5 Å². The van der Waals surface area contributed by atoms with Gasteiger partial charge in [-0.3, -0.25) is 0 Å². The summed E-state index contributed by atoms with van der Waals surface area (Å²) in [6, 6.07) is 0. The Kier molecular flexibility index (Phi) is 3.13. The Balaban J connectivity index is 2.34. The van der Waals surface area contributed by atoms with Gasteiger partial charge in [-0.15, -0.1) is 0 Å². The molecule has 0 aromatic carbocycles. The quantitative estimate of drug-likeness (QED) is 0.705. The molecule has 0 aromatic heterocycles. The Bertz CT molecular complexity index is 385. The lowest BCUT2D eigenvalue weighted by atomic mass is 9.76. The van der Waals surface area contributed by atoms with Gasteiger partial charge in [0.15, 0.2) is 0 Å². The van der Waals surface area contributed by atoms with Crippen LogP contribution in [0.4, 0.5) is 0 Å². The Labute approximate surface area is 107 Å². The fraction of sp³-hybridized carbons (Fsp3) is 0.846. The first-order valence-electron chi connectivity index (χ1n) is 6.23. The molecular weight excluding hydrogens is 234 g/mol. The molecule has 5 nitrogen and oxygen atoms in total. The fourth-order valence-corrected chi connectivity index (χ4v) is 2.92. The zero-order valence-corrected chi connectivity index (χ0v) is 11.6. The number of ether oxygens (including phenoxy) is 2. The summed E-state index contributed by atoms with van der Waals surface area (Å²) < 4.78 is 10.3. The summed E-state index contributed by atoms with van der Waals surface area (Å²) in [5, 5.41) is 4.16. The molecule has 0 saturated heterocycles. The van der Waals surface area contributed by atoms with Crippen LogP contribution in [0.2, 0.25) is 0 Å². The van der Waals surface area contributed by atoms with Gasteiger partial charge in [0.05, 0.1) is 24.8 Å². The second-order valence-corrected chi connectivity index (χ2v) is 6.05. The van der Waals surface area contributed by atoms with Gasteiger partial charge in [-0.05, 0) is 6.42 Å². The molecule has 3 atom stereocenters. The topological polar surface area (TPSA) is 57.1 Å². The van der Waals surface area contributed by atoms with E-state index < -0.39 is 5.60 Å². The van der Waals surface area contributed by atoms with Crippen LogP contribution in [0.5, 0.6) is 0 Å². The van der Waals surface area contributed by atoms with Crippen molar-refractivity contribution in [2.45, 2.75) is 45.3 Å². The number of rotatable bonds is 2. The molecule has 1 heterocycles. The number of hydrogen-bond acceptors (Lipinski definition) is 5. The molecule has 0 aromatic rings. The van der Waals surface area contributed by atoms with E-state index >= 15 is 0 Å². The van der Waals surface area contributed by atoms with E-state index in [9.17, 15) is 4.79 Å². The van der Waals surface area contributed by atoms with E-state index in [1.54, 1.807) is 7.11 Å². The van der Waals surface area contributed by atoms with Crippen LogP contribution in [0, 0.1) is 11.3 Å². The molecular formula is C13H21NO4. The summed E-state index contributed by atoms with van der Waals surface area (Å²) in [6.07, 6.45) is 1.27. The maximum Gasteiger partial charge on any atom is 0.353 e. The molecule has 0 amide bonds. The molecule has 102 valence electrons. The minimum atomic E-state index is -0.974. The number of methoxy groups -OCH3 is 2. The smallest absolute Gasteiger partial charge is 0.353 e. The number of carbonyl (C=O) groups excluding carboxylic acids is 1. The molecule has 1 aliphatic heterocycles. The van der Waals surface area contributed by atoms with Gasteiger partial charge in [0.1, 0.15) is 0 Å². The summed E-state index contributed by atoms with van der Waals surface area (Å²) in [5.74, 6) is -0.398. The van der Waals surface area contributed by atoms with Crippen LogP contribution in [-0.2, 0) is 19.1 Å². The molecule has 5 heteroatoms. The van der Waals surface area contributed by atoms with E-state index in [-0.39, 0.29) is 23.4 Å². The van der Waals surface area contributed by atoms with E-state index in [0.717, 1.165) is 12.1 Å². The highest BCUT2D eigenvalue weighted by Crippen LogP contribution is 2.48. The van der Waals surface area contributed by atoms with Crippen molar-refractivity contribution in [3.05, 3.63) is 0 Å². The summed E-state index contributed by atoms with van der Waals surface area (Å²) >= 11 is 0. The third-order valence-corrected chi connectivity index (χ3v) is 3.86. The molecule has 0 spiro atoms. The fourth-order valence-electron chi connectivity index (χ4n) is 2.92. The van der Waals surface area contributed by atoms with Gasteiger partial charge in [0.25, 0.3) is 0 Å². The lowest BCUT2D eigenvalue weighted by Gasteiger charge is -2.26. The minimum Gasteiger partial charge on any atom is -0.466 e. The number of fused-ring (bicyclic) bond motifs is 1. The molecule has 0 N–H and O–H groups in total. The van der Waals surface area contributed by atoms with Crippen molar-refractivity contribution in [1.82, 2.24) is 0 Å². The van der Waals surface area contributed by atoms with Crippen LogP contribution in [0.15, 0.2) is 5.16 Å². The van der Waals surface area contributed by atoms with Crippen molar-refractivity contribution in [3.63, 3.8) is 0 Å². The summed E-state index contributed by atoms with van der Waals surface area (Å²) in [5.41, 5.74) is -0.173. The van der Waals surface area contributed by atoms with E-state index in [1.807, 2.05) is 0 Å². The molecule has 0 radical (unpaired) electrons. The van der Waals surface area contributed by atoms with Gasteiger partial charge in [-0.2, -0.15) is 0 Å². The second kappa shape index (κ2) is 4.23. The number of nitrogens with zero attached hydrogens (tertiary/aromatic N) is 1. The zero-order valence-electron chi connectivity index (χ0n) is 11.6. The lowest BCUT2D eigenvalue weighted by Crippen LogP contribution is -2.45. The van der Waals surface area contributed by atoms with Crippen LogP contribution >= 0.6 is 0 Å². The van der Waals surface area contributed by atoms with E-state index in [2.05, 4.69) is 25.9 Å². The van der Waals surface area contributed by atoms with Crippen LogP contribution in [-0.4, -0.2) is 37.6 Å². The van der Waals surface area contributed by atoms with Gasteiger partial charge in [-0.25, -0.2) is 4.79 Å². The first-order valence-corrected chi connectivity index (χ1v) is 6.23. The van der Waals surface area contributed by atoms with Crippen molar-refractivity contribution in [3.8, 4) is 0 Å². The monoisotopic (exact) mass is 255 g/mol. The third kappa shape index (κ3) is 1.81. The standard InChI is InChI=1S/C13H21NO4/c1-12(2,3)10-9-6-8(16-4)7-13(9,18-14-10)11(15)17-5/h8-9H,6-7H2,1-5H3. The average molecular weight is 255 g/mol. The number of esters is 1. The summed E-state index contributed by atoms with van der Waals surface area (Å²) in [4.78, 5) is 17.6. The Morgan fingerprint density at radius 1 is 1.44 bits per heavy atom. The predicted molar refractivity (Wildman–Crippen MR) is 66.2 cm³/mol. The van der Waals surface area contributed by atoms with Gasteiger partial charge in [-0.1, -0.05) is 25.9 Å². The number of oxime groups is 1. The van der Waals surface area contributed by atoms with Gasteiger partial charge < -0.3 is 14.3 Å². The van der Waals surface area contributed by atoms with Crippen LogP contribution < -0.4 is 0 Å². The van der Waals surface area contributed by atoms with E-state index in [0.29, 0.717) is 6.42 Å². The largest absolute Gasteiger partial charge is 0.466 e. The zero-order chi connectivity index (χ0) is 13.6. The van der Waals surface area contributed by atoms with Crippen molar-refractivity contribution >= 4 is 11.7 Å². The lowest BCUT2D eigenvalue weighted by molar-refractivity contribution is -0.169. The first kappa shape index (κ1) is 13.3.